The molecule has 0 saturated heterocycles. The van der Waals surface area contributed by atoms with Gasteiger partial charge < -0.3 is 9.72 Å². The number of imidazole rings is 1. The SMILES string of the molecule is Cc1nc2c(cnn2C(C)C)cc1C(=O)Nc1cnn(Cc2cn3ccccc3n2)c1. The summed E-state index contributed by atoms with van der Waals surface area (Å²) in [6.45, 7) is 6.44. The third-order valence-corrected chi connectivity index (χ3v) is 5.12. The lowest BCUT2D eigenvalue weighted by Crippen LogP contribution is -2.14. The molecule has 0 unspecified atom stereocenters. The Morgan fingerprint density at radius 1 is 1.13 bits per heavy atom. The van der Waals surface area contributed by atoms with Crippen LogP contribution in [0.1, 0.15) is 41.6 Å². The van der Waals surface area contributed by atoms with Crippen molar-refractivity contribution in [3.8, 4) is 0 Å². The molecular weight excluding hydrogens is 392 g/mol. The first kappa shape index (κ1) is 19.0. The van der Waals surface area contributed by atoms with Crippen molar-refractivity contribution in [1.82, 2.24) is 33.9 Å². The number of carbonyl (C=O) groups is 1. The summed E-state index contributed by atoms with van der Waals surface area (Å²) in [6, 6.07) is 7.90. The van der Waals surface area contributed by atoms with Gasteiger partial charge in [-0.1, -0.05) is 6.07 Å². The van der Waals surface area contributed by atoms with Crippen LogP contribution in [0.3, 0.4) is 0 Å². The molecule has 0 aromatic carbocycles. The van der Waals surface area contributed by atoms with E-state index in [1.165, 1.54) is 0 Å². The van der Waals surface area contributed by atoms with Crippen LogP contribution in [0.2, 0.25) is 0 Å². The number of aromatic nitrogens is 7. The molecule has 0 aliphatic carbocycles. The van der Waals surface area contributed by atoms with Gasteiger partial charge in [0.15, 0.2) is 5.65 Å². The Labute approximate surface area is 178 Å². The summed E-state index contributed by atoms with van der Waals surface area (Å²) in [7, 11) is 0. The van der Waals surface area contributed by atoms with E-state index in [1.54, 1.807) is 23.3 Å². The second-order valence-electron chi connectivity index (χ2n) is 7.80. The van der Waals surface area contributed by atoms with Gasteiger partial charge in [0, 0.05) is 30.0 Å². The van der Waals surface area contributed by atoms with Crippen LogP contribution in [0.5, 0.6) is 0 Å². The average molecular weight is 414 g/mol. The monoisotopic (exact) mass is 414 g/mol. The minimum absolute atomic E-state index is 0.197. The quantitative estimate of drug-likeness (QED) is 0.475. The lowest BCUT2D eigenvalue weighted by molar-refractivity contribution is 0.102. The third-order valence-electron chi connectivity index (χ3n) is 5.12. The van der Waals surface area contributed by atoms with Crippen molar-refractivity contribution in [1.29, 1.82) is 0 Å². The smallest absolute Gasteiger partial charge is 0.257 e. The molecule has 0 spiro atoms. The van der Waals surface area contributed by atoms with Gasteiger partial charge >= 0.3 is 0 Å². The van der Waals surface area contributed by atoms with Crippen molar-refractivity contribution in [2.24, 2.45) is 0 Å². The number of hydrogen-bond acceptors (Lipinski definition) is 5. The summed E-state index contributed by atoms with van der Waals surface area (Å²) in [4.78, 5) is 22.1. The summed E-state index contributed by atoms with van der Waals surface area (Å²) < 4.78 is 5.57. The first-order valence-electron chi connectivity index (χ1n) is 10.1. The van der Waals surface area contributed by atoms with Gasteiger partial charge in [-0.15, -0.1) is 0 Å². The van der Waals surface area contributed by atoms with E-state index < -0.39 is 0 Å². The van der Waals surface area contributed by atoms with Crippen LogP contribution in [0, 0.1) is 6.92 Å². The van der Waals surface area contributed by atoms with Crippen LogP contribution in [-0.2, 0) is 6.54 Å². The van der Waals surface area contributed by atoms with Crippen LogP contribution in [0.25, 0.3) is 16.7 Å². The van der Waals surface area contributed by atoms with Crippen molar-refractivity contribution in [2.75, 3.05) is 5.32 Å². The van der Waals surface area contributed by atoms with E-state index in [4.69, 9.17) is 0 Å². The number of nitrogens with zero attached hydrogens (tertiary/aromatic N) is 7. The third kappa shape index (κ3) is 3.54. The van der Waals surface area contributed by atoms with E-state index in [1.807, 2.05) is 66.5 Å². The van der Waals surface area contributed by atoms with Crippen molar-refractivity contribution in [3.63, 3.8) is 0 Å². The van der Waals surface area contributed by atoms with Gasteiger partial charge in [0.25, 0.3) is 5.91 Å². The maximum atomic E-state index is 12.9. The molecule has 0 bridgehead atoms. The van der Waals surface area contributed by atoms with E-state index in [9.17, 15) is 4.79 Å². The Balaban J connectivity index is 1.34. The lowest BCUT2D eigenvalue weighted by atomic mass is 10.1. The van der Waals surface area contributed by atoms with Gasteiger partial charge in [0.2, 0.25) is 0 Å². The van der Waals surface area contributed by atoms with Gasteiger partial charge in [-0.2, -0.15) is 10.2 Å². The predicted molar refractivity (Wildman–Crippen MR) is 117 cm³/mol. The standard InChI is InChI=1S/C22H22N8O/c1-14(2)30-21-16(9-24-30)8-19(15(3)25-21)22(31)27-17-10-23-29(12-17)13-18-11-28-7-5-4-6-20(28)26-18/h4-12,14H,13H2,1-3H3,(H,27,31). The highest BCUT2D eigenvalue weighted by Gasteiger charge is 2.16. The fourth-order valence-electron chi connectivity index (χ4n) is 3.62. The molecule has 0 atom stereocenters. The number of nitrogens with one attached hydrogen (secondary N) is 1. The molecule has 0 radical (unpaired) electrons. The molecule has 0 aliphatic rings. The highest BCUT2D eigenvalue weighted by atomic mass is 16.1. The molecule has 5 heterocycles. The Hall–Kier alpha value is -4.01. The van der Waals surface area contributed by atoms with Crippen molar-refractivity contribution < 1.29 is 4.79 Å². The normalized spacial score (nSPS) is 11.6. The molecule has 5 aromatic heterocycles. The number of hydrogen-bond donors (Lipinski definition) is 1. The van der Waals surface area contributed by atoms with Gasteiger partial charge in [-0.05, 0) is 39.0 Å². The molecule has 0 saturated carbocycles. The first-order valence-corrected chi connectivity index (χ1v) is 10.1. The zero-order valence-electron chi connectivity index (χ0n) is 17.5. The summed E-state index contributed by atoms with van der Waals surface area (Å²) >= 11 is 0. The Kier molecular flexibility index (Phi) is 4.50. The number of carbonyl (C=O) groups excluding carboxylic acids is 1. The number of fused-ring (bicyclic) bond motifs is 2. The summed E-state index contributed by atoms with van der Waals surface area (Å²) in [6.07, 6.45) is 9.09. The summed E-state index contributed by atoms with van der Waals surface area (Å²) in [5.41, 5.74) is 4.35. The summed E-state index contributed by atoms with van der Waals surface area (Å²) in [5, 5.41) is 12.5. The zero-order valence-corrected chi connectivity index (χ0v) is 17.5. The van der Waals surface area contributed by atoms with Crippen LogP contribution in [0.4, 0.5) is 5.69 Å². The fraction of sp³-hybridized carbons (Fsp3) is 0.227. The second-order valence-corrected chi connectivity index (χ2v) is 7.80. The molecule has 5 rings (SSSR count). The van der Waals surface area contributed by atoms with E-state index in [2.05, 4.69) is 25.5 Å². The molecule has 1 amide bonds. The minimum Gasteiger partial charge on any atom is -0.319 e. The fourth-order valence-corrected chi connectivity index (χ4v) is 3.62. The summed E-state index contributed by atoms with van der Waals surface area (Å²) in [5.74, 6) is -0.225. The number of pyridine rings is 2. The van der Waals surface area contributed by atoms with E-state index in [0.29, 0.717) is 23.5 Å². The van der Waals surface area contributed by atoms with E-state index >= 15 is 0 Å². The Morgan fingerprint density at radius 3 is 2.81 bits per heavy atom. The minimum atomic E-state index is -0.225. The highest BCUT2D eigenvalue weighted by Crippen LogP contribution is 2.20. The first-order chi connectivity index (χ1) is 15.0. The van der Waals surface area contributed by atoms with Gasteiger partial charge in [0.05, 0.1) is 41.6 Å². The van der Waals surface area contributed by atoms with Crippen molar-refractivity contribution in [3.05, 3.63) is 72.2 Å². The lowest BCUT2D eigenvalue weighted by Gasteiger charge is -2.09. The molecule has 0 aliphatic heterocycles. The topological polar surface area (TPSA) is 94.9 Å². The molecular formula is C22H22N8O. The maximum Gasteiger partial charge on any atom is 0.257 e. The average Bonchev–Trinajstić information content (AvgIpc) is 3.45. The van der Waals surface area contributed by atoms with Gasteiger partial charge in [-0.25, -0.2) is 14.6 Å². The molecule has 0 fully saturated rings. The van der Waals surface area contributed by atoms with E-state index in [0.717, 1.165) is 22.4 Å². The van der Waals surface area contributed by atoms with E-state index in [-0.39, 0.29) is 11.9 Å². The number of aryl methyl sites for hydroxylation is 1. The number of rotatable bonds is 5. The Morgan fingerprint density at radius 2 is 2.00 bits per heavy atom. The van der Waals surface area contributed by atoms with Crippen molar-refractivity contribution in [2.45, 2.75) is 33.4 Å². The molecule has 5 aromatic rings. The molecule has 156 valence electrons. The molecule has 9 heteroatoms. The van der Waals surface area contributed by atoms with Gasteiger partial charge in [0.1, 0.15) is 5.65 Å². The molecule has 1 N–H and O–H groups in total. The largest absolute Gasteiger partial charge is 0.319 e. The Bertz CT molecular complexity index is 1370. The van der Waals surface area contributed by atoms with Crippen LogP contribution >= 0.6 is 0 Å². The van der Waals surface area contributed by atoms with Crippen molar-refractivity contribution >= 4 is 28.3 Å². The molecule has 9 nitrogen and oxygen atoms in total. The van der Waals surface area contributed by atoms with Gasteiger partial charge in [-0.3, -0.25) is 9.48 Å². The number of anilines is 1. The number of amides is 1. The molecule has 31 heavy (non-hydrogen) atoms. The highest BCUT2D eigenvalue weighted by molar-refractivity contribution is 6.06. The van der Waals surface area contributed by atoms with Crippen LogP contribution < -0.4 is 5.32 Å². The predicted octanol–water partition coefficient (Wildman–Crippen LogP) is 3.47. The van der Waals surface area contributed by atoms with Crippen LogP contribution in [-0.4, -0.2) is 39.8 Å². The maximum absolute atomic E-state index is 12.9. The zero-order chi connectivity index (χ0) is 21.5. The second kappa shape index (κ2) is 7.35. The van der Waals surface area contributed by atoms with Crippen LogP contribution in [0.15, 0.2) is 55.2 Å².